The van der Waals surface area contributed by atoms with Crippen molar-refractivity contribution in [1.29, 1.82) is 0 Å². The number of hydrogen-bond donors (Lipinski definition) is 0. The van der Waals surface area contributed by atoms with Gasteiger partial charge in [-0.05, 0) is 54.2 Å². The van der Waals surface area contributed by atoms with E-state index in [1.54, 1.807) is 25.1 Å². The molecule has 0 aliphatic carbocycles. The third-order valence-electron chi connectivity index (χ3n) is 7.56. The number of para-hydroxylation sites is 1. The van der Waals surface area contributed by atoms with Gasteiger partial charge in [0.15, 0.2) is 0 Å². The molecule has 2 aliphatic rings. The fraction of sp³-hybridized carbons (Fsp3) is 0.367. The molecule has 0 saturated carbocycles. The van der Waals surface area contributed by atoms with Gasteiger partial charge in [-0.3, -0.25) is 9.69 Å². The van der Waals surface area contributed by atoms with Crippen LogP contribution >= 0.6 is 0 Å². The normalized spacial score (nSPS) is 21.0. The average molecular weight is 490 g/mol. The smallest absolute Gasteiger partial charge is 0.227 e. The molecule has 5 rings (SSSR count). The quantitative estimate of drug-likeness (QED) is 0.491. The molecular formula is C30H33F2N3O. The minimum atomic E-state index is -0.224. The van der Waals surface area contributed by atoms with Gasteiger partial charge >= 0.3 is 0 Å². The number of benzene rings is 3. The predicted molar refractivity (Wildman–Crippen MR) is 139 cm³/mol. The summed E-state index contributed by atoms with van der Waals surface area (Å²) in [6.45, 7) is 6.53. The van der Waals surface area contributed by atoms with Crippen LogP contribution in [0, 0.1) is 24.5 Å². The molecule has 0 spiro atoms. The fourth-order valence-corrected chi connectivity index (χ4v) is 5.64. The van der Waals surface area contributed by atoms with E-state index in [0.717, 1.165) is 25.1 Å². The molecule has 3 aromatic rings. The Balaban J connectivity index is 1.30. The van der Waals surface area contributed by atoms with E-state index >= 15 is 0 Å². The number of likely N-dealkylation sites (tertiary alicyclic amines) is 1. The summed E-state index contributed by atoms with van der Waals surface area (Å²) in [4.78, 5) is 20.0. The first-order valence-corrected chi connectivity index (χ1v) is 12.8. The average Bonchev–Trinajstić information content (AvgIpc) is 2.90. The number of hydrogen-bond acceptors (Lipinski definition) is 3. The number of aryl methyl sites for hydroxylation is 1. The summed E-state index contributed by atoms with van der Waals surface area (Å²) in [5.74, 6) is -0.215. The molecule has 2 heterocycles. The van der Waals surface area contributed by atoms with Crippen LogP contribution in [0.5, 0.6) is 0 Å². The van der Waals surface area contributed by atoms with Crippen LogP contribution in [0.15, 0.2) is 72.8 Å². The Labute approximate surface area is 212 Å². The minimum absolute atomic E-state index is 0.127. The van der Waals surface area contributed by atoms with Gasteiger partial charge in [0.1, 0.15) is 11.6 Å². The zero-order valence-electron chi connectivity index (χ0n) is 20.7. The topological polar surface area (TPSA) is 26.8 Å². The van der Waals surface area contributed by atoms with Crippen molar-refractivity contribution in [2.24, 2.45) is 5.92 Å². The maximum Gasteiger partial charge on any atom is 0.227 e. The Hall–Kier alpha value is -3.25. The van der Waals surface area contributed by atoms with E-state index in [2.05, 4.69) is 17.0 Å². The van der Waals surface area contributed by atoms with Gasteiger partial charge in [-0.15, -0.1) is 0 Å². The van der Waals surface area contributed by atoms with Crippen LogP contribution in [-0.2, 0) is 11.3 Å². The first kappa shape index (κ1) is 24.4. The summed E-state index contributed by atoms with van der Waals surface area (Å²) in [5, 5.41) is 0. The van der Waals surface area contributed by atoms with Gasteiger partial charge in [0.2, 0.25) is 5.91 Å². The Morgan fingerprint density at radius 1 is 0.861 bits per heavy atom. The first-order chi connectivity index (χ1) is 17.5. The van der Waals surface area contributed by atoms with Crippen molar-refractivity contribution in [2.45, 2.75) is 25.8 Å². The molecule has 1 amide bonds. The van der Waals surface area contributed by atoms with Crippen molar-refractivity contribution in [3.05, 3.63) is 101 Å². The summed E-state index contributed by atoms with van der Waals surface area (Å²) in [6, 6.07) is 22.5. The maximum atomic E-state index is 14.2. The molecule has 6 heteroatoms. The monoisotopic (exact) mass is 489 g/mol. The van der Waals surface area contributed by atoms with Crippen LogP contribution in [0.4, 0.5) is 14.5 Å². The molecule has 2 atom stereocenters. The molecule has 188 valence electrons. The summed E-state index contributed by atoms with van der Waals surface area (Å²) in [7, 11) is 0. The Morgan fingerprint density at radius 2 is 1.58 bits per heavy atom. The second-order valence-corrected chi connectivity index (χ2v) is 10.1. The second-order valence-electron chi connectivity index (χ2n) is 10.1. The lowest BCUT2D eigenvalue weighted by Gasteiger charge is -2.42. The van der Waals surface area contributed by atoms with E-state index in [0.29, 0.717) is 44.0 Å². The van der Waals surface area contributed by atoms with Crippen LogP contribution in [0.25, 0.3) is 0 Å². The summed E-state index contributed by atoms with van der Waals surface area (Å²) in [6.07, 6.45) is 0.753. The van der Waals surface area contributed by atoms with E-state index in [4.69, 9.17) is 0 Å². The second kappa shape index (κ2) is 10.8. The number of amides is 1. The third-order valence-corrected chi connectivity index (χ3v) is 7.56. The van der Waals surface area contributed by atoms with Crippen LogP contribution in [0.3, 0.4) is 0 Å². The van der Waals surface area contributed by atoms with E-state index in [1.165, 1.54) is 11.6 Å². The number of nitrogens with zero attached hydrogens (tertiary/aromatic N) is 3. The summed E-state index contributed by atoms with van der Waals surface area (Å²) in [5.41, 5.74) is 3.55. The van der Waals surface area contributed by atoms with Gasteiger partial charge in [0.25, 0.3) is 0 Å². The third kappa shape index (κ3) is 5.44. The molecule has 36 heavy (non-hydrogen) atoms. The van der Waals surface area contributed by atoms with Crippen molar-refractivity contribution >= 4 is 11.6 Å². The van der Waals surface area contributed by atoms with Crippen LogP contribution in [-0.4, -0.2) is 55.0 Å². The Morgan fingerprint density at radius 3 is 2.31 bits per heavy atom. The van der Waals surface area contributed by atoms with E-state index < -0.39 is 0 Å². The summed E-state index contributed by atoms with van der Waals surface area (Å²) >= 11 is 0. The number of piperidine rings is 1. The maximum absolute atomic E-state index is 14.2. The lowest BCUT2D eigenvalue weighted by Crippen LogP contribution is -2.53. The van der Waals surface area contributed by atoms with Crippen molar-refractivity contribution < 1.29 is 13.6 Å². The Kier molecular flexibility index (Phi) is 7.33. The highest BCUT2D eigenvalue weighted by Gasteiger charge is 2.35. The molecule has 0 N–H and O–H groups in total. The van der Waals surface area contributed by atoms with Gasteiger partial charge in [0, 0.05) is 45.8 Å². The van der Waals surface area contributed by atoms with Gasteiger partial charge < -0.3 is 9.80 Å². The number of rotatable bonds is 5. The molecule has 2 fully saturated rings. The van der Waals surface area contributed by atoms with Crippen LogP contribution in [0.2, 0.25) is 0 Å². The SMILES string of the molecule is Cc1cc(C2CC(C(=O)N3CCN(c4ccccc4F)CC3)CN(Cc3ccccc3)C2)ccc1F. The standard InChI is InChI=1S/C30H33F2N3O/c1-22-17-24(11-12-27(22)31)25-18-26(21-33(20-25)19-23-7-3-2-4-8-23)30(36)35-15-13-34(14-16-35)29-10-6-5-9-28(29)32/h2-12,17,25-26H,13-16,18-21H2,1H3. The highest BCUT2D eigenvalue weighted by atomic mass is 19.1. The van der Waals surface area contributed by atoms with Gasteiger partial charge in [0.05, 0.1) is 11.6 Å². The van der Waals surface area contributed by atoms with Crippen molar-refractivity contribution in [1.82, 2.24) is 9.80 Å². The number of carbonyl (C=O) groups is 1. The molecule has 4 nitrogen and oxygen atoms in total. The zero-order chi connectivity index (χ0) is 25.1. The molecular weight excluding hydrogens is 456 g/mol. The van der Waals surface area contributed by atoms with E-state index in [-0.39, 0.29) is 29.4 Å². The van der Waals surface area contributed by atoms with Gasteiger partial charge in [-0.1, -0.05) is 54.6 Å². The number of halogens is 2. The van der Waals surface area contributed by atoms with E-state index in [9.17, 15) is 13.6 Å². The number of piperazine rings is 1. The number of anilines is 1. The van der Waals surface area contributed by atoms with E-state index in [1.807, 2.05) is 46.2 Å². The molecule has 0 aromatic heterocycles. The lowest BCUT2D eigenvalue weighted by molar-refractivity contribution is -0.138. The van der Waals surface area contributed by atoms with Crippen molar-refractivity contribution in [2.75, 3.05) is 44.2 Å². The highest BCUT2D eigenvalue weighted by molar-refractivity contribution is 5.79. The van der Waals surface area contributed by atoms with Crippen molar-refractivity contribution in [3.8, 4) is 0 Å². The largest absolute Gasteiger partial charge is 0.366 e. The molecule has 2 saturated heterocycles. The molecule has 3 aromatic carbocycles. The molecule has 2 aliphatic heterocycles. The first-order valence-electron chi connectivity index (χ1n) is 12.8. The zero-order valence-corrected chi connectivity index (χ0v) is 20.7. The molecule has 2 unspecified atom stereocenters. The fourth-order valence-electron chi connectivity index (χ4n) is 5.64. The van der Waals surface area contributed by atoms with Crippen LogP contribution < -0.4 is 4.90 Å². The van der Waals surface area contributed by atoms with Crippen molar-refractivity contribution in [3.63, 3.8) is 0 Å². The number of carbonyl (C=O) groups excluding carboxylic acids is 1. The van der Waals surface area contributed by atoms with Gasteiger partial charge in [-0.2, -0.15) is 0 Å². The lowest BCUT2D eigenvalue weighted by atomic mass is 9.83. The van der Waals surface area contributed by atoms with Gasteiger partial charge in [-0.25, -0.2) is 8.78 Å². The molecule has 0 radical (unpaired) electrons. The minimum Gasteiger partial charge on any atom is -0.366 e. The highest BCUT2D eigenvalue weighted by Crippen LogP contribution is 2.33. The Bertz CT molecular complexity index is 1190. The van der Waals surface area contributed by atoms with Crippen LogP contribution in [0.1, 0.15) is 29.0 Å². The predicted octanol–water partition coefficient (Wildman–Crippen LogP) is 5.23. The summed E-state index contributed by atoms with van der Waals surface area (Å²) < 4.78 is 28.2. The molecule has 0 bridgehead atoms.